The second-order valence-electron chi connectivity index (χ2n) is 3.51. The van der Waals surface area contributed by atoms with Crippen molar-refractivity contribution in [2.75, 3.05) is 0 Å². The van der Waals surface area contributed by atoms with Gasteiger partial charge < -0.3 is 0 Å². The van der Waals surface area contributed by atoms with Gasteiger partial charge in [-0.15, -0.1) is 11.3 Å². The van der Waals surface area contributed by atoms with Gasteiger partial charge >= 0.3 is 0 Å². The Morgan fingerprint density at radius 1 is 1.22 bits per heavy atom. The van der Waals surface area contributed by atoms with E-state index >= 15 is 0 Å². The van der Waals surface area contributed by atoms with Gasteiger partial charge in [0, 0.05) is 11.4 Å². The smallest absolute Gasteiger partial charge is 0.207 e. The Morgan fingerprint density at radius 2 is 2.00 bits per heavy atom. The molecule has 18 heavy (non-hydrogen) atoms. The van der Waals surface area contributed by atoms with Gasteiger partial charge in [-0.2, -0.15) is 5.26 Å². The Morgan fingerprint density at radius 3 is 2.67 bits per heavy atom. The first-order chi connectivity index (χ1) is 8.63. The first-order valence-electron chi connectivity index (χ1n) is 5.14. The van der Waals surface area contributed by atoms with Gasteiger partial charge in [0.25, 0.3) is 0 Å². The van der Waals surface area contributed by atoms with Crippen molar-refractivity contribution in [3.05, 3.63) is 52.2 Å². The summed E-state index contributed by atoms with van der Waals surface area (Å²) in [6.45, 7) is 0.236. The first kappa shape index (κ1) is 12.8. The SMILES string of the molecule is N#Cc1ccccc1S(=O)(=O)NCc1cccs1. The number of hydrogen-bond acceptors (Lipinski definition) is 4. The Labute approximate surface area is 110 Å². The van der Waals surface area contributed by atoms with Gasteiger partial charge in [-0.3, -0.25) is 0 Å². The molecule has 4 nitrogen and oxygen atoms in total. The molecule has 0 bridgehead atoms. The van der Waals surface area contributed by atoms with Crippen LogP contribution in [0.3, 0.4) is 0 Å². The van der Waals surface area contributed by atoms with Crippen molar-refractivity contribution < 1.29 is 8.42 Å². The molecule has 6 heteroatoms. The molecule has 92 valence electrons. The zero-order valence-electron chi connectivity index (χ0n) is 9.33. The summed E-state index contributed by atoms with van der Waals surface area (Å²) in [7, 11) is -3.64. The van der Waals surface area contributed by atoms with E-state index in [0.29, 0.717) is 0 Å². The van der Waals surface area contributed by atoms with Gasteiger partial charge in [0.1, 0.15) is 6.07 Å². The first-order valence-corrected chi connectivity index (χ1v) is 7.51. The molecule has 0 fully saturated rings. The van der Waals surface area contributed by atoms with E-state index in [9.17, 15) is 8.42 Å². The number of nitrogens with zero attached hydrogens (tertiary/aromatic N) is 1. The molecule has 0 aliphatic heterocycles. The third-order valence-corrected chi connectivity index (χ3v) is 4.65. The summed E-state index contributed by atoms with van der Waals surface area (Å²) < 4.78 is 26.6. The molecule has 0 amide bonds. The highest BCUT2D eigenvalue weighted by Gasteiger charge is 2.17. The van der Waals surface area contributed by atoms with E-state index in [4.69, 9.17) is 5.26 Å². The molecule has 0 spiro atoms. The largest absolute Gasteiger partial charge is 0.242 e. The van der Waals surface area contributed by atoms with E-state index in [1.54, 1.807) is 12.1 Å². The highest BCUT2D eigenvalue weighted by molar-refractivity contribution is 7.89. The van der Waals surface area contributed by atoms with Gasteiger partial charge in [-0.25, -0.2) is 13.1 Å². The van der Waals surface area contributed by atoms with Crippen LogP contribution >= 0.6 is 11.3 Å². The Hall–Kier alpha value is -1.68. The maximum Gasteiger partial charge on any atom is 0.242 e. The summed E-state index contributed by atoms with van der Waals surface area (Å²) in [5, 5.41) is 10.8. The number of thiophene rings is 1. The lowest BCUT2D eigenvalue weighted by molar-refractivity contribution is 0.581. The lowest BCUT2D eigenvalue weighted by atomic mass is 10.2. The van der Waals surface area contributed by atoms with E-state index in [1.165, 1.54) is 23.5 Å². The number of nitriles is 1. The van der Waals surface area contributed by atoms with Crippen LogP contribution in [0.15, 0.2) is 46.7 Å². The number of benzene rings is 1. The molecule has 1 heterocycles. The molecule has 2 aromatic rings. The maximum atomic E-state index is 12.0. The van der Waals surface area contributed by atoms with Gasteiger partial charge in [-0.1, -0.05) is 18.2 Å². The van der Waals surface area contributed by atoms with Crippen molar-refractivity contribution in [3.8, 4) is 6.07 Å². The second kappa shape index (κ2) is 5.31. The molecule has 1 aromatic carbocycles. The third kappa shape index (κ3) is 2.76. The van der Waals surface area contributed by atoms with Crippen molar-refractivity contribution in [1.29, 1.82) is 5.26 Å². The molecule has 0 saturated carbocycles. The summed E-state index contributed by atoms with van der Waals surface area (Å²) in [6, 6.07) is 11.7. The minimum Gasteiger partial charge on any atom is -0.207 e. The molecular formula is C12H10N2O2S2. The standard InChI is InChI=1S/C12H10N2O2S2/c13-8-10-4-1-2-6-12(10)18(15,16)14-9-11-5-3-7-17-11/h1-7,14H,9H2. The predicted molar refractivity (Wildman–Crippen MR) is 69.5 cm³/mol. The van der Waals surface area contributed by atoms with Crippen molar-refractivity contribution in [2.24, 2.45) is 0 Å². The van der Waals surface area contributed by atoms with Crippen LogP contribution in [0.25, 0.3) is 0 Å². The van der Waals surface area contributed by atoms with Crippen LogP contribution in [0.5, 0.6) is 0 Å². The lowest BCUT2D eigenvalue weighted by Gasteiger charge is -2.06. The fraction of sp³-hybridized carbons (Fsp3) is 0.0833. The summed E-state index contributed by atoms with van der Waals surface area (Å²) >= 11 is 1.48. The quantitative estimate of drug-likeness (QED) is 0.931. The van der Waals surface area contributed by atoms with Crippen LogP contribution in [0.1, 0.15) is 10.4 Å². The third-order valence-electron chi connectivity index (χ3n) is 2.31. The zero-order valence-corrected chi connectivity index (χ0v) is 11.0. The highest BCUT2D eigenvalue weighted by Crippen LogP contribution is 2.15. The van der Waals surface area contributed by atoms with Crippen LogP contribution < -0.4 is 4.72 Å². The molecular weight excluding hydrogens is 268 g/mol. The monoisotopic (exact) mass is 278 g/mol. The predicted octanol–water partition coefficient (Wildman–Crippen LogP) is 2.10. The minimum atomic E-state index is -3.64. The number of hydrogen-bond donors (Lipinski definition) is 1. The van der Waals surface area contributed by atoms with E-state index < -0.39 is 10.0 Å². The number of rotatable bonds is 4. The molecule has 2 rings (SSSR count). The fourth-order valence-corrected chi connectivity index (χ4v) is 3.35. The zero-order chi connectivity index (χ0) is 13.0. The van der Waals surface area contributed by atoms with Gasteiger partial charge in [0.05, 0.1) is 10.5 Å². The van der Waals surface area contributed by atoms with Crippen molar-refractivity contribution in [2.45, 2.75) is 11.4 Å². The van der Waals surface area contributed by atoms with Crippen LogP contribution in [-0.2, 0) is 16.6 Å². The van der Waals surface area contributed by atoms with Crippen LogP contribution in [0.2, 0.25) is 0 Å². The topological polar surface area (TPSA) is 70.0 Å². The average Bonchev–Trinajstić information content (AvgIpc) is 2.89. The van der Waals surface area contributed by atoms with E-state index in [1.807, 2.05) is 23.6 Å². The lowest BCUT2D eigenvalue weighted by Crippen LogP contribution is -2.23. The molecule has 0 aliphatic carbocycles. The molecule has 0 saturated heterocycles. The van der Waals surface area contributed by atoms with E-state index in [-0.39, 0.29) is 17.0 Å². The molecule has 1 N–H and O–H groups in total. The Bertz CT molecular complexity index is 670. The molecule has 0 atom stereocenters. The summed E-state index contributed by atoms with van der Waals surface area (Å²) in [4.78, 5) is 0.942. The summed E-state index contributed by atoms with van der Waals surface area (Å²) in [5.74, 6) is 0. The van der Waals surface area contributed by atoms with E-state index in [2.05, 4.69) is 4.72 Å². The molecule has 0 unspecified atom stereocenters. The normalized spacial score (nSPS) is 11.1. The van der Waals surface area contributed by atoms with Crippen LogP contribution in [0.4, 0.5) is 0 Å². The fourth-order valence-electron chi connectivity index (χ4n) is 1.45. The number of sulfonamides is 1. The van der Waals surface area contributed by atoms with Gasteiger partial charge in [0.15, 0.2) is 0 Å². The van der Waals surface area contributed by atoms with Crippen molar-refractivity contribution in [3.63, 3.8) is 0 Å². The number of nitrogens with one attached hydrogen (secondary N) is 1. The molecule has 0 radical (unpaired) electrons. The van der Waals surface area contributed by atoms with Crippen molar-refractivity contribution >= 4 is 21.4 Å². The maximum absolute atomic E-state index is 12.0. The molecule has 1 aromatic heterocycles. The van der Waals surface area contributed by atoms with Crippen LogP contribution in [-0.4, -0.2) is 8.42 Å². The van der Waals surface area contributed by atoms with Crippen molar-refractivity contribution in [1.82, 2.24) is 4.72 Å². The minimum absolute atomic E-state index is 0.0176. The average molecular weight is 278 g/mol. The van der Waals surface area contributed by atoms with E-state index in [0.717, 1.165) is 4.88 Å². The Kier molecular flexibility index (Phi) is 3.77. The Balaban J connectivity index is 2.23. The van der Waals surface area contributed by atoms with Gasteiger partial charge in [0.2, 0.25) is 10.0 Å². The molecule has 0 aliphatic rings. The summed E-state index contributed by atoms with van der Waals surface area (Å²) in [6.07, 6.45) is 0. The van der Waals surface area contributed by atoms with Crippen LogP contribution in [0, 0.1) is 11.3 Å². The second-order valence-corrected chi connectivity index (χ2v) is 6.28. The summed E-state index contributed by atoms with van der Waals surface area (Å²) in [5.41, 5.74) is 0.149. The van der Waals surface area contributed by atoms with Gasteiger partial charge in [-0.05, 0) is 23.6 Å². The highest BCUT2D eigenvalue weighted by atomic mass is 32.2.